The molecular weight excluding hydrogens is 486 g/mol. The highest BCUT2D eigenvalue weighted by atomic mass is 35.5. The second-order valence-corrected chi connectivity index (χ2v) is 9.93. The first-order valence-electron chi connectivity index (χ1n) is 12.4. The van der Waals surface area contributed by atoms with Gasteiger partial charge in [0, 0.05) is 29.1 Å². The lowest BCUT2D eigenvalue weighted by Crippen LogP contribution is -2.22. The third-order valence-electron chi connectivity index (χ3n) is 6.67. The van der Waals surface area contributed by atoms with Crippen LogP contribution in [0.3, 0.4) is 0 Å². The third-order valence-corrected chi connectivity index (χ3v) is 7.02. The fraction of sp³-hybridized carbons (Fsp3) is 0.258. The van der Waals surface area contributed by atoms with Crippen molar-refractivity contribution in [2.24, 2.45) is 0 Å². The first kappa shape index (κ1) is 26.4. The average Bonchev–Trinajstić information content (AvgIpc) is 3.37. The molecule has 192 valence electrons. The van der Waals surface area contributed by atoms with Crippen LogP contribution in [0.5, 0.6) is 17.2 Å². The van der Waals surface area contributed by atoms with Gasteiger partial charge in [0.1, 0.15) is 23.0 Å². The maximum Gasteiger partial charge on any atom is 0.287 e. The summed E-state index contributed by atoms with van der Waals surface area (Å²) in [7, 11) is 1.66. The van der Waals surface area contributed by atoms with E-state index in [2.05, 4.69) is 38.2 Å². The van der Waals surface area contributed by atoms with E-state index in [0.717, 1.165) is 17.7 Å². The predicted octanol–water partition coefficient (Wildman–Crippen LogP) is 7.94. The number of carbonyl (C=O) groups excluding carboxylic acids is 1. The molecule has 0 saturated heterocycles. The first-order valence-corrected chi connectivity index (χ1v) is 12.7. The molecule has 0 aliphatic heterocycles. The lowest BCUT2D eigenvalue weighted by Gasteiger charge is -2.24. The Kier molecular flexibility index (Phi) is 8.24. The van der Waals surface area contributed by atoms with Gasteiger partial charge in [-0.05, 0) is 59.9 Å². The SMILES string of the molecule is CCC(C)(C)c1ccc(OC)c(Cc2ccc(C(=O)NCc3c(Cl)cccc3Oc3ccccc3)o2)c1. The van der Waals surface area contributed by atoms with Gasteiger partial charge in [0.25, 0.3) is 5.91 Å². The number of amides is 1. The smallest absolute Gasteiger partial charge is 0.287 e. The first-order chi connectivity index (χ1) is 17.8. The highest BCUT2D eigenvalue weighted by Crippen LogP contribution is 2.33. The Hall–Kier alpha value is -3.70. The van der Waals surface area contributed by atoms with E-state index in [1.807, 2.05) is 54.6 Å². The summed E-state index contributed by atoms with van der Waals surface area (Å²) in [6.07, 6.45) is 1.54. The second kappa shape index (κ2) is 11.6. The fourth-order valence-corrected chi connectivity index (χ4v) is 4.23. The molecule has 4 aromatic rings. The molecule has 1 heterocycles. The molecule has 0 saturated carbocycles. The largest absolute Gasteiger partial charge is 0.496 e. The van der Waals surface area contributed by atoms with Crippen molar-refractivity contribution in [3.8, 4) is 17.2 Å². The van der Waals surface area contributed by atoms with Crippen molar-refractivity contribution in [1.29, 1.82) is 0 Å². The number of benzene rings is 3. The Morgan fingerprint density at radius 3 is 2.49 bits per heavy atom. The summed E-state index contributed by atoms with van der Waals surface area (Å²) in [6, 6.07) is 24.6. The van der Waals surface area contributed by atoms with Crippen LogP contribution >= 0.6 is 11.6 Å². The summed E-state index contributed by atoms with van der Waals surface area (Å²) in [5.41, 5.74) is 3.00. The van der Waals surface area contributed by atoms with E-state index in [9.17, 15) is 4.79 Å². The van der Waals surface area contributed by atoms with Crippen LogP contribution in [0.1, 0.15) is 60.2 Å². The molecule has 4 rings (SSSR count). The Labute approximate surface area is 223 Å². The fourth-order valence-electron chi connectivity index (χ4n) is 4.00. The number of carbonyl (C=O) groups is 1. The van der Waals surface area contributed by atoms with Gasteiger partial charge in [0.2, 0.25) is 0 Å². The summed E-state index contributed by atoms with van der Waals surface area (Å²) in [5, 5.41) is 3.41. The van der Waals surface area contributed by atoms with E-state index in [-0.39, 0.29) is 23.6 Å². The minimum atomic E-state index is -0.329. The average molecular weight is 518 g/mol. The van der Waals surface area contributed by atoms with E-state index < -0.39 is 0 Å². The normalized spacial score (nSPS) is 11.3. The van der Waals surface area contributed by atoms with Crippen LogP contribution in [-0.4, -0.2) is 13.0 Å². The van der Waals surface area contributed by atoms with E-state index in [0.29, 0.717) is 34.3 Å². The molecule has 0 atom stereocenters. The topological polar surface area (TPSA) is 60.7 Å². The second-order valence-electron chi connectivity index (χ2n) is 9.52. The maximum atomic E-state index is 12.9. The molecule has 3 aromatic carbocycles. The summed E-state index contributed by atoms with van der Waals surface area (Å²) < 4.78 is 17.5. The van der Waals surface area contributed by atoms with Crippen LogP contribution in [0.25, 0.3) is 0 Å². The standard InChI is InChI=1S/C31H32ClNO4/c1-5-31(2,3)22-14-16-27(35-4)21(18-22)19-24-15-17-29(37-24)30(34)33-20-25-26(32)12-9-13-28(25)36-23-10-7-6-8-11-23/h6-18H,5,19-20H2,1-4H3,(H,33,34). The summed E-state index contributed by atoms with van der Waals surface area (Å²) in [6.45, 7) is 6.83. The Balaban J connectivity index is 1.46. The number of para-hydroxylation sites is 1. The van der Waals surface area contributed by atoms with Crippen molar-refractivity contribution >= 4 is 17.5 Å². The number of rotatable bonds is 10. The molecular formula is C31H32ClNO4. The maximum absolute atomic E-state index is 12.9. The quantitative estimate of drug-likeness (QED) is 0.232. The highest BCUT2D eigenvalue weighted by Gasteiger charge is 2.21. The van der Waals surface area contributed by atoms with Gasteiger partial charge in [0.15, 0.2) is 5.76 Å². The van der Waals surface area contributed by atoms with Crippen molar-refractivity contribution in [2.45, 2.75) is 45.6 Å². The van der Waals surface area contributed by atoms with E-state index in [4.69, 9.17) is 25.5 Å². The van der Waals surface area contributed by atoms with Crippen LogP contribution < -0.4 is 14.8 Å². The van der Waals surface area contributed by atoms with Crippen LogP contribution in [-0.2, 0) is 18.4 Å². The Bertz CT molecular complexity index is 1360. The molecule has 37 heavy (non-hydrogen) atoms. The van der Waals surface area contributed by atoms with Gasteiger partial charge in [-0.3, -0.25) is 4.79 Å². The van der Waals surface area contributed by atoms with Gasteiger partial charge >= 0.3 is 0 Å². The number of halogens is 1. The monoisotopic (exact) mass is 517 g/mol. The number of methoxy groups -OCH3 is 1. The zero-order valence-corrected chi connectivity index (χ0v) is 22.4. The molecule has 0 fully saturated rings. The van der Waals surface area contributed by atoms with Crippen LogP contribution in [0.15, 0.2) is 83.3 Å². The van der Waals surface area contributed by atoms with Gasteiger partial charge in [-0.25, -0.2) is 0 Å². The van der Waals surface area contributed by atoms with Crippen molar-refractivity contribution in [2.75, 3.05) is 7.11 Å². The van der Waals surface area contributed by atoms with Crippen LogP contribution in [0.4, 0.5) is 0 Å². The molecule has 0 unspecified atom stereocenters. The van der Waals surface area contributed by atoms with Crippen molar-refractivity contribution in [3.63, 3.8) is 0 Å². The number of hydrogen-bond acceptors (Lipinski definition) is 4. The van der Waals surface area contributed by atoms with E-state index >= 15 is 0 Å². The van der Waals surface area contributed by atoms with Crippen molar-refractivity contribution in [3.05, 3.63) is 112 Å². The predicted molar refractivity (Wildman–Crippen MR) is 147 cm³/mol. The van der Waals surface area contributed by atoms with Crippen LogP contribution in [0.2, 0.25) is 5.02 Å². The molecule has 0 bridgehead atoms. The summed E-state index contributed by atoms with van der Waals surface area (Å²) in [5.74, 6) is 2.65. The Morgan fingerprint density at radius 2 is 1.76 bits per heavy atom. The Morgan fingerprint density at radius 1 is 0.973 bits per heavy atom. The van der Waals surface area contributed by atoms with Gasteiger partial charge in [-0.1, -0.05) is 68.8 Å². The minimum Gasteiger partial charge on any atom is -0.496 e. The lowest BCUT2D eigenvalue weighted by atomic mass is 9.81. The van der Waals surface area contributed by atoms with Gasteiger partial charge in [-0.15, -0.1) is 0 Å². The molecule has 5 nitrogen and oxygen atoms in total. The number of ether oxygens (including phenoxy) is 2. The molecule has 6 heteroatoms. The van der Waals surface area contributed by atoms with Crippen LogP contribution in [0, 0.1) is 0 Å². The molecule has 0 aliphatic rings. The molecule has 1 aromatic heterocycles. The molecule has 1 amide bonds. The zero-order valence-electron chi connectivity index (χ0n) is 21.6. The van der Waals surface area contributed by atoms with Gasteiger partial charge < -0.3 is 19.2 Å². The summed E-state index contributed by atoms with van der Waals surface area (Å²) in [4.78, 5) is 12.9. The molecule has 0 spiro atoms. The molecule has 0 aliphatic carbocycles. The lowest BCUT2D eigenvalue weighted by molar-refractivity contribution is 0.0921. The number of hydrogen-bond donors (Lipinski definition) is 1. The third kappa shape index (κ3) is 6.36. The van der Waals surface area contributed by atoms with Gasteiger partial charge in [-0.2, -0.15) is 0 Å². The number of nitrogens with one attached hydrogen (secondary N) is 1. The zero-order chi connectivity index (χ0) is 26.4. The van der Waals surface area contributed by atoms with Crippen molar-refractivity contribution < 1.29 is 18.7 Å². The van der Waals surface area contributed by atoms with Crippen molar-refractivity contribution in [1.82, 2.24) is 5.32 Å². The summed E-state index contributed by atoms with van der Waals surface area (Å²) >= 11 is 6.44. The number of furan rings is 1. The molecule has 0 radical (unpaired) electrons. The minimum absolute atomic E-state index is 0.0526. The van der Waals surface area contributed by atoms with E-state index in [1.165, 1.54) is 5.56 Å². The van der Waals surface area contributed by atoms with E-state index in [1.54, 1.807) is 19.2 Å². The highest BCUT2D eigenvalue weighted by molar-refractivity contribution is 6.31. The molecule has 1 N–H and O–H groups in total. The van der Waals surface area contributed by atoms with Gasteiger partial charge in [0.05, 0.1) is 7.11 Å².